The fourth-order valence-corrected chi connectivity index (χ4v) is 1.90. The first-order valence-corrected chi connectivity index (χ1v) is 6.45. The highest BCUT2D eigenvalue weighted by Crippen LogP contribution is 2.29. The quantitative estimate of drug-likeness (QED) is 0.720. The summed E-state index contributed by atoms with van der Waals surface area (Å²) in [6, 6.07) is 0. The summed E-state index contributed by atoms with van der Waals surface area (Å²) in [7, 11) is 3.62. The molecule has 1 rings (SSSR count). The van der Waals surface area contributed by atoms with E-state index in [4.69, 9.17) is 9.47 Å². The molecule has 1 saturated heterocycles. The van der Waals surface area contributed by atoms with Crippen LogP contribution in [0.15, 0.2) is 0 Å². The van der Waals surface area contributed by atoms with Crippen LogP contribution in [0.25, 0.3) is 0 Å². The zero-order chi connectivity index (χ0) is 14.8. The molecule has 6 nitrogen and oxygen atoms in total. The van der Waals surface area contributed by atoms with Gasteiger partial charge in [0.25, 0.3) is 0 Å². The largest absolute Gasteiger partial charge is 0.465 e. The van der Waals surface area contributed by atoms with Gasteiger partial charge in [0.2, 0.25) is 0 Å². The zero-order valence-electron chi connectivity index (χ0n) is 12.6. The van der Waals surface area contributed by atoms with Crippen molar-refractivity contribution < 1.29 is 19.1 Å². The molecule has 0 aromatic rings. The number of esters is 1. The van der Waals surface area contributed by atoms with Crippen molar-refractivity contribution in [1.82, 2.24) is 9.80 Å². The molecule has 0 unspecified atom stereocenters. The molecule has 19 heavy (non-hydrogen) atoms. The molecule has 0 saturated carbocycles. The number of hydrogen-bond acceptors (Lipinski definition) is 5. The van der Waals surface area contributed by atoms with Crippen molar-refractivity contribution in [3.8, 4) is 0 Å². The Balaban J connectivity index is 2.65. The van der Waals surface area contributed by atoms with Crippen LogP contribution >= 0.6 is 0 Å². The summed E-state index contributed by atoms with van der Waals surface area (Å²) < 4.78 is 10.4. The van der Waals surface area contributed by atoms with Crippen LogP contribution in [0.4, 0.5) is 4.79 Å². The second kappa shape index (κ2) is 5.36. The van der Waals surface area contributed by atoms with Crippen LogP contribution in [0.2, 0.25) is 0 Å². The van der Waals surface area contributed by atoms with E-state index >= 15 is 0 Å². The van der Waals surface area contributed by atoms with E-state index in [1.165, 1.54) is 4.90 Å². The molecule has 0 aromatic carbocycles. The van der Waals surface area contributed by atoms with E-state index in [0.29, 0.717) is 19.7 Å². The second-order valence-corrected chi connectivity index (χ2v) is 5.98. The Kier molecular flexibility index (Phi) is 4.45. The lowest BCUT2D eigenvalue weighted by molar-refractivity contribution is -0.167. The lowest BCUT2D eigenvalue weighted by atomic mass is 9.89. The maximum atomic E-state index is 12.0. The first-order chi connectivity index (χ1) is 8.62. The molecule has 1 aliphatic heterocycles. The van der Waals surface area contributed by atoms with Gasteiger partial charge in [0.05, 0.1) is 19.7 Å². The van der Waals surface area contributed by atoms with Gasteiger partial charge >= 0.3 is 12.1 Å². The molecule has 110 valence electrons. The molecule has 0 radical (unpaired) electrons. The van der Waals surface area contributed by atoms with E-state index in [1.807, 2.05) is 34.9 Å². The number of carbonyl (C=O) groups is 2. The lowest BCUT2D eigenvalue weighted by Crippen LogP contribution is -2.74. The summed E-state index contributed by atoms with van der Waals surface area (Å²) in [5.41, 5.74) is -1.27. The van der Waals surface area contributed by atoms with Crippen molar-refractivity contribution in [2.24, 2.45) is 0 Å². The minimum absolute atomic E-state index is 0.292. The Hall–Kier alpha value is -1.30. The monoisotopic (exact) mass is 272 g/mol. The van der Waals surface area contributed by atoms with E-state index in [2.05, 4.69) is 0 Å². The minimum atomic E-state index is -0.743. The number of likely N-dealkylation sites (tertiary alicyclic amines) is 1. The van der Waals surface area contributed by atoms with Crippen molar-refractivity contribution in [3.05, 3.63) is 0 Å². The molecule has 0 N–H and O–H groups in total. The van der Waals surface area contributed by atoms with Crippen LogP contribution in [0.3, 0.4) is 0 Å². The maximum absolute atomic E-state index is 12.0. The van der Waals surface area contributed by atoms with E-state index in [-0.39, 0.29) is 5.97 Å². The number of hydrogen-bond donors (Lipinski definition) is 0. The second-order valence-electron chi connectivity index (χ2n) is 5.98. The first kappa shape index (κ1) is 15.8. The van der Waals surface area contributed by atoms with Gasteiger partial charge in [-0.2, -0.15) is 0 Å². The van der Waals surface area contributed by atoms with Gasteiger partial charge in [-0.1, -0.05) is 0 Å². The molecule has 1 heterocycles. The Morgan fingerprint density at radius 1 is 1.26 bits per heavy atom. The molecule has 0 bridgehead atoms. The summed E-state index contributed by atoms with van der Waals surface area (Å²) in [5, 5.41) is 0. The van der Waals surface area contributed by atoms with Gasteiger partial charge in [-0.15, -0.1) is 0 Å². The molecule has 0 atom stereocenters. The third kappa shape index (κ3) is 3.37. The average Bonchev–Trinajstić information content (AvgIpc) is 2.12. The highest BCUT2D eigenvalue weighted by Gasteiger charge is 2.55. The van der Waals surface area contributed by atoms with Crippen molar-refractivity contribution in [1.29, 1.82) is 0 Å². The van der Waals surface area contributed by atoms with E-state index in [9.17, 15) is 9.59 Å². The number of nitrogens with zero attached hydrogens (tertiary/aromatic N) is 2. The van der Waals surface area contributed by atoms with E-state index < -0.39 is 17.2 Å². The van der Waals surface area contributed by atoms with Crippen LogP contribution in [0.1, 0.15) is 27.7 Å². The van der Waals surface area contributed by atoms with Gasteiger partial charge in [0.1, 0.15) is 5.60 Å². The normalized spacial score (nSPS) is 17.9. The Morgan fingerprint density at radius 2 is 1.79 bits per heavy atom. The Bertz CT molecular complexity index is 354. The fourth-order valence-electron chi connectivity index (χ4n) is 1.90. The van der Waals surface area contributed by atoms with Gasteiger partial charge in [0.15, 0.2) is 5.54 Å². The summed E-state index contributed by atoms with van der Waals surface area (Å²) in [4.78, 5) is 27.2. The standard InChI is InChI=1S/C13H24N2O4/c1-7-18-10(16)13(14(5)6)8-15(9-13)11(17)19-12(2,3)4/h7-9H2,1-6H3. The Labute approximate surface area is 114 Å². The van der Waals surface area contributed by atoms with Gasteiger partial charge in [-0.25, -0.2) is 9.59 Å². The van der Waals surface area contributed by atoms with Crippen LogP contribution in [0.5, 0.6) is 0 Å². The molecule has 1 amide bonds. The van der Waals surface area contributed by atoms with Gasteiger partial charge in [0, 0.05) is 0 Å². The molecule has 0 aliphatic carbocycles. The van der Waals surface area contributed by atoms with Crippen LogP contribution < -0.4 is 0 Å². The SMILES string of the molecule is CCOC(=O)C1(N(C)C)CN(C(=O)OC(C)(C)C)C1. The van der Waals surface area contributed by atoms with Crippen LogP contribution in [0, 0.1) is 0 Å². The third-order valence-corrected chi connectivity index (χ3v) is 3.07. The minimum Gasteiger partial charge on any atom is -0.465 e. The van der Waals surface area contributed by atoms with E-state index in [1.54, 1.807) is 11.8 Å². The average molecular weight is 272 g/mol. The number of amides is 1. The highest BCUT2D eigenvalue weighted by molar-refractivity contribution is 5.85. The van der Waals surface area contributed by atoms with Crippen molar-refractivity contribution in [3.63, 3.8) is 0 Å². The summed E-state index contributed by atoms with van der Waals surface area (Å²) >= 11 is 0. The van der Waals surface area contributed by atoms with Crippen molar-refractivity contribution >= 4 is 12.1 Å². The lowest BCUT2D eigenvalue weighted by Gasteiger charge is -2.50. The smallest absolute Gasteiger partial charge is 0.410 e. The molecular weight excluding hydrogens is 248 g/mol. The molecule has 0 spiro atoms. The Morgan fingerprint density at radius 3 is 2.16 bits per heavy atom. The van der Waals surface area contributed by atoms with E-state index in [0.717, 1.165) is 0 Å². The van der Waals surface area contributed by atoms with Crippen LogP contribution in [-0.2, 0) is 14.3 Å². The van der Waals surface area contributed by atoms with Crippen molar-refractivity contribution in [2.75, 3.05) is 33.8 Å². The summed E-state index contributed by atoms with van der Waals surface area (Å²) in [6.07, 6.45) is -0.394. The van der Waals surface area contributed by atoms with Gasteiger partial charge < -0.3 is 14.4 Å². The zero-order valence-corrected chi connectivity index (χ0v) is 12.6. The summed E-state index contributed by atoms with van der Waals surface area (Å²) in [6.45, 7) is 8.15. The molecular formula is C13H24N2O4. The predicted molar refractivity (Wildman–Crippen MR) is 70.9 cm³/mol. The molecule has 1 aliphatic rings. The van der Waals surface area contributed by atoms with Gasteiger partial charge in [-0.3, -0.25) is 4.90 Å². The maximum Gasteiger partial charge on any atom is 0.410 e. The first-order valence-electron chi connectivity index (χ1n) is 6.45. The summed E-state index contributed by atoms with van der Waals surface area (Å²) in [5.74, 6) is -0.292. The number of likely N-dealkylation sites (N-methyl/N-ethyl adjacent to an activating group) is 1. The molecule has 1 fully saturated rings. The molecule has 0 aromatic heterocycles. The topological polar surface area (TPSA) is 59.1 Å². The van der Waals surface area contributed by atoms with Gasteiger partial charge in [-0.05, 0) is 41.8 Å². The number of ether oxygens (including phenoxy) is 2. The number of rotatable bonds is 3. The fraction of sp³-hybridized carbons (Fsp3) is 0.846. The third-order valence-electron chi connectivity index (χ3n) is 3.07. The van der Waals surface area contributed by atoms with Crippen LogP contribution in [-0.4, -0.2) is 66.8 Å². The molecule has 6 heteroatoms. The van der Waals surface area contributed by atoms with Crippen molar-refractivity contribution in [2.45, 2.75) is 38.8 Å². The number of carbonyl (C=O) groups excluding carboxylic acids is 2. The highest BCUT2D eigenvalue weighted by atomic mass is 16.6. The predicted octanol–water partition coefficient (Wildman–Crippen LogP) is 1.10.